The van der Waals surface area contributed by atoms with Crippen molar-refractivity contribution in [1.29, 1.82) is 0 Å². The van der Waals surface area contributed by atoms with Crippen molar-refractivity contribution in [3.05, 3.63) is 0 Å². The molecule has 0 saturated carbocycles. The molecular formula is C15H22ClNO5S. The zero-order valence-electron chi connectivity index (χ0n) is 13.9. The number of hydrogen-bond acceptors (Lipinski definition) is 6. The number of hydrogen-bond donors (Lipinski definition) is 0. The Balaban J connectivity index is 1.97. The van der Waals surface area contributed by atoms with Crippen LogP contribution in [0.2, 0.25) is 0 Å². The number of ether oxygens (including phenoxy) is 2. The van der Waals surface area contributed by atoms with Crippen molar-refractivity contribution in [1.82, 2.24) is 4.90 Å². The lowest BCUT2D eigenvalue weighted by Crippen LogP contribution is -2.63. The summed E-state index contributed by atoms with van der Waals surface area (Å²) < 4.78 is 9.54. The van der Waals surface area contributed by atoms with Crippen molar-refractivity contribution in [2.75, 3.05) is 12.7 Å². The summed E-state index contributed by atoms with van der Waals surface area (Å²) in [6, 6.07) is -0.696. The number of thioether (sulfide) groups is 1. The number of nitrogens with zero attached hydrogens (tertiary/aromatic N) is 1. The van der Waals surface area contributed by atoms with Crippen molar-refractivity contribution in [2.24, 2.45) is 11.3 Å². The van der Waals surface area contributed by atoms with Crippen molar-refractivity contribution < 1.29 is 23.9 Å². The number of fused-ring (bicyclic) bond motifs is 1. The Kier molecular flexibility index (Phi) is 4.93. The van der Waals surface area contributed by atoms with E-state index in [-0.39, 0.29) is 23.1 Å². The van der Waals surface area contributed by atoms with Gasteiger partial charge in [-0.2, -0.15) is 0 Å². The molecular weight excluding hydrogens is 342 g/mol. The topological polar surface area (TPSA) is 72.9 Å². The second-order valence-electron chi connectivity index (χ2n) is 7.28. The van der Waals surface area contributed by atoms with Crippen molar-refractivity contribution in [3.8, 4) is 0 Å². The lowest BCUT2D eigenvalue weighted by Gasteiger charge is -2.43. The zero-order valence-corrected chi connectivity index (χ0v) is 15.5. The van der Waals surface area contributed by atoms with E-state index in [9.17, 15) is 14.4 Å². The summed E-state index contributed by atoms with van der Waals surface area (Å²) >= 11 is 7.36. The molecule has 1 amide bonds. The molecule has 0 aromatic carbocycles. The summed E-state index contributed by atoms with van der Waals surface area (Å²) in [6.45, 7) is 8.47. The highest BCUT2D eigenvalue weighted by molar-refractivity contribution is 8.01. The fourth-order valence-electron chi connectivity index (χ4n) is 2.65. The minimum absolute atomic E-state index is 0.0929. The number of carbonyl (C=O) groups excluding carboxylic acids is 3. The molecule has 2 aliphatic heterocycles. The van der Waals surface area contributed by atoms with Crippen LogP contribution in [0.25, 0.3) is 0 Å². The molecule has 0 radical (unpaired) electrons. The number of rotatable bonds is 4. The Morgan fingerprint density at radius 3 is 2.43 bits per heavy atom. The van der Waals surface area contributed by atoms with Crippen LogP contribution in [0, 0.1) is 11.3 Å². The molecule has 0 aromatic heterocycles. The van der Waals surface area contributed by atoms with Crippen LogP contribution in [0.5, 0.6) is 0 Å². The van der Waals surface area contributed by atoms with Crippen molar-refractivity contribution >= 4 is 41.2 Å². The van der Waals surface area contributed by atoms with Gasteiger partial charge in [-0.05, 0) is 34.6 Å². The van der Waals surface area contributed by atoms with Gasteiger partial charge < -0.3 is 14.4 Å². The molecule has 23 heavy (non-hydrogen) atoms. The molecule has 0 bridgehead atoms. The molecule has 6 nitrogen and oxygen atoms in total. The predicted octanol–water partition coefficient (Wildman–Crippen LogP) is 1.99. The first-order valence-corrected chi connectivity index (χ1v) is 8.82. The van der Waals surface area contributed by atoms with Crippen LogP contribution in [-0.2, 0) is 23.9 Å². The van der Waals surface area contributed by atoms with Gasteiger partial charge >= 0.3 is 11.9 Å². The Morgan fingerprint density at radius 2 is 1.91 bits per heavy atom. The van der Waals surface area contributed by atoms with Gasteiger partial charge in [0.15, 0.2) is 0 Å². The third-order valence-electron chi connectivity index (χ3n) is 3.94. The maximum atomic E-state index is 12.4. The van der Waals surface area contributed by atoms with Crippen LogP contribution in [0.3, 0.4) is 0 Å². The quantitative estimate of drug-likeness (QED) is 0.329. The number of amides is 1. The number of alkyl halides is 1. The van der Waals surface area contributed by atoms with E-state index in [0.717, 1.165) is 0 Å². The van der Waals surface area contributed by atoms with Gasteiger partial charge in [-0.25, -0.2) is 4.79 Å². The van der Waals surface area contributed by atoms with Gasteiger partial charge in [-0.15, -0.1) is 23.4 Å². The second-order valence-corrected chi connectivity index (χ2v) is 9.36. The maximum absolute atomic E-state index is 12.4. The number of esters is 2. The zero-order chi connectivity index (χ0) is 17.6. The first kappa shape index (κ1) is 18.4. The van der Waals surface area contributed by atoms with Gasteiger partial charge in [0.2, 0.25) is 12.7 Å². The minimum Gasteiger partial charge on any atom is -0.427 e. The van der Waals surface area contributed by atoms with E-state index in [0.29, 0.717) is 0 Å². The average molecular weight is 364 g/mol. The van der Waals surface area contributed by atoms with E-state index in [1.54, 1.807) is 32.5 Å². The van der Waals surface area contributed by atoms with E-state index < -0.39 is 34.9 Å². The highest BCUT2D eigenvalue weighted by atomic mass is 35.5. The van der Waals surface area contributed by atoms with Crippen molar-refractivity contribution in [3.63, 3.8) is 0 Å². The first-order valence-electron chi connectivity index (χ1n) is 7.40. The number of carbonyl (C=O) groups is 3. The first-order chi connectivity index (χ1) is 10.5. The average Bonchev–Trinajstić information content (AvgIpc) is 2.66. The standard InChI is InChI=1S/C15H22ClNO5S/c1-14(2,3)13(20)22-7-21-12(19)9-15(4,5)23-11-8(6-16)10(18)17(9)11/h8-9,11H,6-7H2,1-5H3/t8-,9-,11+/m0/s1. The summed E-state index contributed by atoms with van der Waals surface area (Å²) in [7, 11) is 0. The molecule has 0 unspecified atom stereocenters. The van der Waals surface area contributed by atoms with E-state index in [1.165, 1.54) is 4.90 Å². The molecule has 0 aliphatic carbocycles. The van der Waals surface area contributed by atoms with E-state index in [4.69, 9.17) is 21.1 Å². The normalized spacial score (nSPS) is 28.9. The van der Waals surface area contributed by atoms with E-state index >= 15 is 0 Å². The molecule has 8 heteroatoms. The van der Waals surface area contributed by atoms with E-state index in [2.05, 4.69) is 0 Å². The molecule has 0 N–H and O–H groups in total. The van der Waals surface area contributed by atoms with Gasteiger partial charge in [0, 0.05) is 10.6 Å². The summed E-state index contributed by atoms with van der Waals surface area (Å²) in [4.78, 5) is 37.7. The molecule has 0 spiro atoms. The monoisotopic (exact) mass is 363 g/mol. The van der Waals surface area contributed by atoms with Gasteiger partial charge in [-0.3, -0.25) is 9.59 Å². The molecule has 2 saturated heterocycles. The lowest BCUT2D eigenvalue weighted by atomic mass is 9.93. The second kappa shape index (κ2) is 6.16. The fourth-order valence-corrected chi connectivity index (χ4v) is 4.73. The molecule has 130 valence electrons. The minimum atomic E-state index is -0.696. The summed E-state index contributed by atoms with van der Waals surface area (Å²) in [5.74, 6) is -1.15. The SMILES string of the molecule is CC(C)(C)C(=O)OCOC(=O)[C@@H]1N2C(=O)[C@H](CCl)[C@H]2SC1(C)C. The Bertz CT molecular complexity index is 530. The molecule has 3 atom stereocenters. The molecule has 2 fully saturated rings. The fraction of sp³-hybridized carbons (Fsp3) is 0.800. The molecule has 2 heterocycles. The molecule has 0 aromatic rings. The largest absolute Gasteiger partial charge is 0.427 e. The Hall–Kier alpha value is -0.950. The Labute approximate surface area is 145 Å². The van der Waals surface area contributed by atoms with Crippen LogP contribution in [0.15, 0.2) is 0 Å². The summed E-state index contributed by atoms with van der Waals surface area (Å²) in [5.41, 5.74) is -0.666. The highest BCUT2D eigenvalue weighted by Gasteiger charge is 2.63. The highest BCUT2D eigenvalue weighted by Crippen LogP contribution is 2.53. The third kappa shape index (κ3) is 3.31. The summed E-state index contributed by atoms with van der Waals surface area (Å²) in [6.07, 6.45) is 0. The molecule has 2 aliphatic rings. The number of halogens is 1. The van der Waals surface area contributed by atoms with Crippen LogP contribution >= 0.6 is 23.4 Å². The maximum Gasteiger partial charge on any atom is 0.333 e. The van der Waals surface area contributed by atoms with Crippen molar-refractivity contribution in [2.45, 2.75) is 50.8 Å². The smallest absolute Gasteiger partial charge is 0.333 e. The van der Waals surface area contributed by atoms with Crippen LogP contribution in [0.1, 0.15) is 34.6 Å². The van der Waals surface area contributed by atoms with Gasteiger partial charge in [0.05, 0.1) is 16.7 Å². The van der Waals surface area contributed by atoms with Crippen LogP contribution in [-0.4, -0.2) is 51.6 Å². The third-order valence-corrected chi connectivity index (χ3v) is 5.90. The molecule has 2 rings (SSSR count). The number of β-lactam (4-membered cyclic amide) rings is 1. The Morgan fingerprint density at radius 1 is 1.30 bits per heavy atom. The van der Waals surface area contributed by atoms with Gasteiger partial charge in [-0.1, -0.05) is 0 Å². The predicted molar refractivity (Wildman–Crippen MR) is 86.8 cm³/mol. The van der Waals surface area contributed by atoms with Crippen LogP contribution < -0.4 is 0 Å². The van der Waals surface area contributed by atoms with Crippen LogP contribution in [0.4, 0.5) is 0 Å². The summed E-state index contributed by atoms with van der Waals surface area (Å²) in [5, 5.41) is -0.0929. The van der Waals surface area contributed by atoms with E-state index in [1.807, 2.05) is 13.8 Å². The lowest BCUT2D eigenvalue weighted by molar-refractivity contribution is -0.180. The van der Waals surface area contributed by atoms with Gasteiger partial charge in [0.25, 0.3) is 0 Å². The van der Waals surface area contributed by atoms with Gasteiger partial charge in [0.1, 0.15) is 6.04 Å².